The molecule has 2 rings (SSSR count). The average Bonchev–Trinajstić information content (AvgIpc) is 2.25. The Morgan fingerprint density at radius 2 is 1.88 bits per heavy atom. The van der Waals surface area contributed by atoms with E-state index in [1.807, 2.05) is 0 Å². The van der Waals surface area contributed by atoms with Crippen LogP contribution in [0.5, 0.6) is 0 Å². The monoisotopic (exact) mass is 246 g/mol. The summed E-state index contributed by atoms with van der Waals surface area (Å²) in [5.74, 6) is -4.17. The Hall–Kier alpha value is -1.07. The normalized spacial score (nSPS) is 19.8. The van der Waals surface area contributed by atoms with Gasteiger partial charge in [-0.25, -0.2) is 13.2 Å². The largest absolute Gasteiger partial charge is 0.385 e. The molecule has 1 aromatic carbocycles. The Balaban J connectivity index is 2.37. The minimum absolute atomic E-state index is 0.259. The highest BCUT2D eigenvalue weighted by Crippen LogP contribution is 2.45. The average molecular weight is 246 g/mol. The number of ether oxygens (including phenoxy) is 1. The zero-order valence-electron chi connectivity index (χ0n) is 9.34. The maximum Gasteiger partial charge on any atom is 0.194 e. The lowest BCUT2D eigenvalue weighted by Gasteiger charge is -2.44. The minimum Gasteiger partial charge on any atom is -0.385 e. The first-order chi connectivity index (χ1) is 8.02. The van der Waals surface area contributed by atoms with E-state index in [0.29, 0.717) is 12.8 Å². The van der Waals surface area contributed by atoms with Crippen LogP contribution in [0.1, 0.15) is 30.9 Å². The molecule has 94 valence electrons. The Morgan fingerprint density at radius 3 is 2.35 bits per heavy atom. The summed E-state index contributed by atoms with van der Waals surface area (Å²) in [6.07, 6.45) is 0.721. The van der Waals surface area contributed by atoms with Crippen molar-refractivity contribution in [1.82, 2.24) is 0 Å². The van der Waals surface area contributed by atoms with E-state index in [-0.39, 0.29) is 5.56 Å². The molecule has 1 fully saturated rings. The van der Waals surface area contributed by atoms with Crippen molar-refractivity contribution < 1.29 is 23.0 Å². The molecule has 2 nitrogen and oxygen atoms in total. The molecule has 0 aromatic heterocycles. The van der Waals surface area contributed by atoms with E-state index in [1.54, 1.807) is 0 Å². The van der Waals surface area contributed by atoms with Gasteiger partial charge in [-0.2, -0.15) is 0 Å². The van der Waals surface area contributed by atoms with Crippen LogP contribution in [-0.4, -0.2) is 17.8 Å². The SMILES string of the molecule is COC1(C(O)c2ccc(F)c(F)c2F)CCC1. The van der Waals surface area contributed by atoms with Crippen LogP contribution in [0.4, 0.5) is 13.2 Å². The summed E-state index contributed by atoms with van der Waals surface area (Å²) in [6, 6.07) is 1.86. The predicted molar refractivity (Wildman–Crippen MR) is 54.9 cm³/mol. The van der Waals surface area contributed by atoms with E-state index >= 15 is 0 Å². The number of hydrogen-bond donors (Lipinski definition) is 1. The summed E-state index contributed by atoms with van der Waals surface area (Å²) in [6.45, 7) is 0. The molecule has 0 heterocycles. The van der Waals surface area contributed by atoms with Gasteiger partial charge in [0, 0.05) is 12.7 Å². The number of rotatable bonds is 3. The first-order valence-electron chi connectivity index (χ1n) is 5.38. The highest BCUT2D eigenvalue weighted by atomic mass is 19.2. The molecule has 5 heteroatoms. The molecular weight excluding hydrogens is 233 g/mol. The lowest BCUT2D eigenvalue weighted by Crippen LogP contribution is -2.45. The Kier molecular flexibility index (Phi) is 3.14. The number of hydrogen-bond acceptors (Lipinski definition) is 2. The van der Waals surface area contributed by atoms with Crippen molar-refractivity contribution in [3.63, 3.8) is 0 Å². The van der Waals surface area contributed by atoms with E-state index in [1.165, 1.54) is 7.11 Å². The topological polar surface area (TPSA) is 29.5 Å². The fraction of sp³-hybridized carbons (Fsp3) is 0.500. The lowest BCUT2D eigenvalue weighted by atomic mass is 9.73. The van der Waals surface area contributed by atoms with Gasteiger partial charge in [0.15, 0.2) is 17.5 Å². The van der Waals surface area contributed by atoms with Gasteiger partial charge in [-0.1, -0.05) is 6.07 Å². The summed E-state index contributed by atoms with van der Waals surface area (Å²) in [5.41, 5.74) is -1.13. The molecule has 17 heavy (non-hydrogen) atoms. The molecule has 0 radical (unpaired) electrons. The van der Waals surface area contributed by atoms with Gasteiger partial charge in [0.2, 0.25) is 0 Å². The quantitative estimate of drug-likeness (QED) is 0.831. The van der Waals surface area contributed by atoms with Crippen LogP contribution in [0.25, 0.3) is 0 Å². The molecule has 1 atom stereocenters. The number of benzene rings is 1. The van der Waals surface area contributed by atoms with E-state index in [0.717, 1.165) is 18.6 Å². The third kappa shape index (κ3) is 1.83. The van der Waals surface area contributed by atoms with Crippen LogP contribution in [0, 0.1) is 17.5 Å². The summed E-state index contributed by atoms with van der Waals surface area (Å²) in [5, 5.41) is 10.0. The van der Waals surface area contributed by atoms with Gasteiger partial charge < -0.3 is 9.84 Å². The number of aliphatic hydroxyl groups excluding tert-OH is 1. The van der Waals surface area contributed by atoms with Crippen molar-refractivity contribution in [2.75, 3.05) is 7.11 Å². The maximum atomic E-state index is 13.5. The van der Waals surface area contributed by atoms with E-state index < -0.39 is 29.2 Å². The molecular formula is C12H13F3O2. The zero-order chi connectivity index (χ0) is 12.6. The molecule has 0 amide bonds. The van der Waals surface area contributed by atoms with Crippen LogP contribution in [0.3, 0.4) is 0 Å². The van der Waals surface area contributed by atoms with Crippen molar-refractivity contribution in [2.24, 2.45) is 0 Å². The van der Waals surface area contributed by atoms with Crippen molar-refractivity contribution in [3.8, 4) is 0 Å². The third-order valence-electron chi connectivity index (χ3n) is 3.46. The zero-order valence-corrected chi connectivity index (χ0v) is 9.34. The highest BCUT2D eigenvalue weighted by molar-refractivity contribution is 5.25. The fourth-order valence-corrected chi connectivity index (χ4v) is 2.15. The van der Waals surface area contributed by atoms with Crippen LogP contribution in [0.2, 0.25) is 0 Å². The second kappa shape index (κ2) is 4.31. The van der Waals surface area contributed by atoms with Crippen molar-refractivity contribution in [1.29, 1.82) is 0 Å². The van der Waals surface area contributed by atoms with Gasteiger partial charge in [0.25, 0.3) is 0 Å². The lowest BCUT2D eigenvalue weighted by molar-refractivity contribution is -0.152. The Bertz CT molecular complexity index is 424. The van der Waals surface area contributed by atoms with Crippen molar-refractivity contribution >= 4 is 0 Å². The second-order valence-corrected chi connectivity index (χ2v) is 4.29. The van der Waals surface area contributed by atoms with Gasteiger partial charge in [0.1, 0.15) is 6.10 Å². The van der Waals surface area contributed by atoms with Crippen LogP contribution in [-0.2, 0) is 4.74 Å². The standard InChI is InChI=1S/C12H13F3O2/c1-17-12(5-2-6-12)11(16)7-3-4-8(13)10(15)9(7)14/h3-4,11,16H,2,5-6H2,1H3. The summed E-state index contributed by atoms with van der Waals surface area (Å²) in [7, 11) is 1.42. The highest BCUT2D eigenvalue weighted by Gasteiger charge is 2.45. The van der Waals surface area contributed by atoms with E-state index in [4.69, 9.17) is 4.74 Å². The molecule has 1 unspecified atom stereocenters. The molecule has 1 saturated carbocycles. The number of halogens is 3. The fourth-order valence-electron chi connectivity index (χ4n) is 2.15. The molecule has 1 aliphatic carbocycles. The summed E-state index contributed by atoms with van der Waals surface area (Å²) in [4.78, 5) is 0. The maximum absolute atomic E-state index is 13.5. The van der Waals surface area contributed by atoms with Crippen molar-refractivity contribution in [2.45, 2.75) is 31.0 Å². The smallest absolute Gasteiger partial charge is 0.194 e. The molecule has 0 spiro atoms. The second-order valence-electron chi connectivity index (χ2n) is 4.29. The molecule has 0 saturated heterocycles. The van der Waals surface area contributed by atoms with E-state index in [9.17, 15) is 18.3 Å². The van der Waals surface area contributed by atoms with Crippen LogP contribution < -0.4 is 0 Å². The molecule has 1 aromatic rings. The first-order valence-corrected chi connectivity index (χ1v) is 5.38. The van der Waals surface area contributed by atoms with Crippen LogP contribution >= 0.6 is 0 Å². The van der Waals surface area contributed by atoms with E-state index in [2.05, 4.69) is 0 Å². The molecule has 1 N–H and O–H groups in total. The molecule has 0 bridgehead atoms. The van der Waals surface area contributed by atoms with Gasteiger partial charge in [0.05, 0.1) is 5.60 Å². The first kappa shape index (κ1) is 12.4. The number of aliphatic hydroxyl groups is 1. The van der Waals surface area contributed by atoms with Crippen molar-refractivity contribution in [3.05, 3.63) is 35.1 Å². The van der Waals surface area contributed by atoms with Gasteiger partial charge in [-0.15, -0.1) is 0 Å². The molecule has 1 aliphatic rings. The summed E-state index contributed by atoms with van der Waals surface area (Å²) >= 11 is 0. The van der Waals surface area contributed by atoms with Gasteiger partial charge in [-0.3, -0.25) is 0 Å². The van der Waals surface area contributed by atoms with Crippen LogP contribution in [0.15, 0.2) is 12.1 Å². The number of methoxy groups -OCH3 is 1. The third-order valence-corrected chi connectivity index (χ3v) is 3.46. The van der Waals surface area contributed by atoms with Gasteiger partial charge in [-0.05, 0) is 25.3 Å². The predicted octanol–water partition coefficient (Wildman–Crippen LogP) is 2.71. The summed E-state index contributed by atoms with van der Waals surface area (Å²) < 4.78 is 44.5. The minimum atomic E-state index is -1.56. The van der Waals surface area contributed by atoms with Gasteiger partial charge >= 0.3 is 0 Å². The Labute approximate surface area is 97.0 Å². The Morgan fingerprint density at radius 1 is 1.24 bits per heavy atom. The molecule has 0 aliphatic heterocycles.